The van der Waals surface area contributed by atoms with Gasteiger partial charge in [-0.1, -0.05) is 0 Å². The van der Waals surface area contributed by atoms with Crippen LogP contribution < -0.4 is 20.1 Å². The van der Waals surface area contributed by atoms with Gasteiger partial charge >= 0.3 is 0 Å². The molecule has 0 bridgehead atoms. The first-order valence-electron chi connectivity index (χ1n) is 13.5. The van der Waals surface area contributed by atoms with Gasteiger partial charge in [-0.2, -0.15) is 0 Å². The van der Waals surface area contributed by atoms with Gasteiger partial charge in [0, 0.05) is 79.3 Å². The molecule has 11 nitrogen and oxygen atoms in total. The van der Waals surface area contributed by atoms with E-state index in [0.29, 0.717) is 41.1 Å². The summed E-state index contributed by atoms with van der Waals surface area (Å²) in [7, 11) is 1.98. The fourth-order valence-electron chi connectivity index (χ4n) is 5.71. The van der Waals surface area contributed by atoms with Crippen LogP contribution in [0.2, 0.25) is 0 Å². The molecule has 0 amide bonds. The summed E-state index contributed by atoms with van der Waals surface area (Å²) in [6, 6.07) is 7.45. The van der Waals surface area contributed by atoms with E-state index in [1.807, 2.05) is 51.5 Å². The second-order valence-electron chi connectivity index (χ2n) is 10.4. The number of aromatic nitrogens is 5. The Hall–Kier alpha value is -4.17. The van der Waals surface area contributed by atoms with Crippen molar-refractivity contribution in [2.75, 3.05) is 41.4 Å². The molecule has 1 unspecified atom stereocenters. The summed E-state index contributed by atoms with van der Waals surface area (Å²) in [4.78, 5) is 37.8. The van der Waals surface area contributed by atoms with Gasteiger partial charge in [0.1, 0.15) is 23.6 Å². The molecule has 0 radical (unpaired) electrons. The number of anilines is 4. The smallest absolute Gasteiger partial charge is 0.195 e. The van der Waals surface area contributed by atoms with Crippen molar-refractivity contribution in [3.63, 3.8) is 0 Å². The number of aryl methyl sites for hydroxylation is 1. The van der Waals surface area contributed by atoms with Crippen molar-refractivity contribution >= 4 is 56.3 Å². The zero-order chi connectivity index (χ0) is 29.0. The number of nitrogens with zero attached hydrogens (tertiary/aromatic N) is 8. The molecule has 0 spiro atoms. The molecule has 0 saturated carbocycles. The van der Waals surface area contributed by atoms with Crippen LogP contribution in [0.3, 0.4) is 0 Å². The highest BCUT2D eigenvalue weighted by Gasteiger charge is 2.37. The summed E-state index contributed by atoms with van der Waals surface area (Å²) >= 11 is 2.98. The van der Waals surface area contributed by atoms with Gasteiger partial charge in [0.25, 0.3) is 0 Å². The number of aliphatic hydroxyl groups is 2. The summed E-state index contributed by atoms with van der Waals surface area (Å²) in [5.41, 5.74) is 1.85. The van der Waals surface area contributed by atoms with E-state index in [1.54, 1.807) is 37.8 Å². The lowest BCUT2D eigenvalue weighted by Crippen LogP contribution is -2.40. The van der Waals surface area contributed by atoms with Crippen LogP contribution in [-0.4, -0.2) is 67.5 Å². The van der Waals surface area contributed by atoms with Crippen molar-refractivity contribution in [3.05, 3.63) is 87.2 Å². The molecule has 42 heavy (non-hydrogen) atoms. The van der Waals surface area contributed by atoms with E-state index in [9.17, 15) is 15.0 Å². The SMILES string of the molecule is Cc1cn(-c2nccs2)c2nc(N3C[C@H](CO)[C@@H](N(C)c4ccc5c(n4)N(c4nccs4)C=CC5O)C3)ccc2c1=O. The standard InChI is InChI=1S/C29H28N8O3S2/c1-17-13-37(29-31-9-12-42-29)27-20(25(17)40)4-6-24(33-27)35-14-18(16-38)21(15-35)34(2)23-5-3-19-22(39)7-10-36(26(19)32-23)28-30-8-11-41-28/h3-13,18,21-22,38-39H,14-16H2,1-2H3/t18-,21+,22?/m1/s1. The predicted octanol–water partition coefficient (Wildman–Crippen LogP) is 3.63. The Labute approximate surface area is 249 Å². The third-order valence-electron chi connectivity index (χ3n) is 7.94. The van der Waals surface area contributed by atoms with E-state index in [-0.39, 0.29) is 24.0 Å². The minimum absolute atomic E-state index is 0.000259. The van der Waals surface area contributed by atoms with E-state index >= 15 is 0 Å². The summed E-state index contributed by atoms with van der Waals surface area (Å²) in [6.07, 6.45) is 8.04. The van der Waals surface area contributed by atoms with Crippen molar-refractivity contribution in [2.24, 2.45) is 5.92 Å². The average molecular weight is 601 g/mol. The van der Waals surface area contributed by atoms with E-state index in [4.69, 9.17) is 9.97 Å². The molecular formula is C29H28N8O3S2. The van der Waals surface area contributed by atoms with Crippen molar-refractivity contribution in [3.8, 4) is 5.13 Å². The second-order valence-corrected chi connectivity index (χ2v) is 12.2. The molecule has 2 aliphatic heterocycles. The topological polar surface area (TPSA) is 124 Å². The zero-order valence-corrected chi connectivity index (χ0v) is 24.5. The highest BCUT2D eigenvalue weighted by molar-refractivity contribution is 7.13. The summed E-state index contributed by atoms with van der Waals surface area (Å²) in [6.45, 7) is 2.99. The van der Waals surface area contributed by atoms with Crippen molar-refractivity contribution in [2.45, 2.75) is 19.1 Å². The van der Waals surface area contributed by atoms with Gasteiger partial charge in [0.15, 0.2) is 21.3 Å². The molecule has 1 fully saturated rings. The molecule has 2 aliphatic rings. The van der Waals surface area contributed by atoms with Gasteiger partial charge in [0.2, 0.25) is 0 Å². The molecule has 7 rings (SSSR count). The fourth-order valence-corrected chi connectivity index (χ4v) is 6.96. The molecule has 7 heterocycles. The van der Waals surface area contributed by atoms with Crippen LogP contribution in [0.5, 0.6) is 0 Å². The van der Waals surface area contributed by atoms with Crippen LogP contribution >= 0.6 is 22.7 Å². The number of hydrogen-bond donors (Lipinski definition) is 2. The second kappa shape index (κ2) is 10.6. The van der Waals surface area contributed by atoms with Crippen molar-refractivity contribution < 1.29 is 10.2 Å². The highest BCUT2D eigenvalue weighted by atomic mass is 32.1. The van der Waals surface area contributed by atoms with Crippen molar-refractivity contribution in [1.82, 2.24) is 24.5 Å². The molecule has 0 aliphatic carbocycles. The lowest BCUT2D eigenvalue weighted by Gasteiger charge is -2.32. The Balaban J connectivity index is 1.21. The lowest BCUT2D eigenvalue weighted by atomic mass is 10.0. The first kappa shape index (κ1) is 26.7. The summed E-state index contributed by atoms with van der Waals surface area (Å²) in [5, 5.41) is 26.8. The third-order valence-corrected chi connectivity index (χ3v) is 9.49. The number of aliphatic hydroxyl groups excluding tert-OH is 2. The molecule has 13 heteroatoms. The maximum atomic E-state index is 12.9. The quantitative estimate of drug-likeness (QED) is 0.299. The number of rotatable bonds is 6. The Morgan fingerprint density at radius 3 is 2.57 bits per heavy atom. The van der Waals surface area contributed by atoms with Gasteiger partial charge < -0.3 is 20.0 Å². The number of thiazole rings is 2. The molecule has 1 saturated heterocycles. The summed E-state index contributed by atoms with van der Waals surface area (Å²) < 4.78 is 1.87. The van der Waals surface area contributed by atoms with Gasteiger partial charge in [0.05, 0.1) is 11.4 Å². The van der Waals surface area contributed by atoms with E-state index in [1.165, 1.54) is 22.7 Å². The van der Waals surface area contributed by atoms with Gasteiger partial charge in [-0.3, -0.25) is 14.3 Å². The molecule has 5 aromatic heterocycles. The minimum atomic E-state index is -0.750. The number of likely N-dealkylation sites (N-methyl/N-ethyl adjacent to an activating group) is 1. The van der Waals surface area contributed by atoms with Crippen LogP contribution in [0.4, 0.5) is 22.6 Å². The predicted molar refractivity (Wildman–Crippen MR) is 165 cm³/mol. The Morgan fingerprint density at radius 1 is 1.05 bits per heavy atom. The third kappa shape index (κ3) is 4.45. The first-order chi connectivity index (χ1) is 20.4. The number of fused-ring (bicyclic) bond motifs is 2. The molecule has 5 aromatic rings. The fraction of sp³-hybridized carbons (Fsp3) is 0.276. The molecular weight excluding hydrogens is 573 g/mol. The first-order valence-corrected chi connectivity index (χ1v) is 15.3. The van der Waals surface area contributed by atoms with E-state index in [0.717, 1.165) is 21.9 Å². The zero-order valence-electron chi connectivity index (χ0n) is 22.9. The highest BCUT2D eigenvalue weighted by Crippen LogP contribution is 2.38. The van der Waals surface area contributed by atoms with Crippen molar-refractivity contribution in [1.29, 1.82) is 0 Å². The molecule has 214 valence electrons. The monoisotopic (exact) mass is 600 g/mol. The normalized spacial score (nSPS) is 20.0. The Kier molecular flexibility index (Phi) is 6.73. The van der Waals surface area contributed by atoms with Crippen LogP contribution in [0.25, 0.3) is 16.2 Å². The molecule has 3 atom stereocenters. The van der Waals surface area contributed by atoms with Crippen LogP contribution in [0, 0.1) is 12.8 Å². The molecule has 0 aromatic carbocycles. The largest absolute Gasteiger partial charge is 0.396 e. The lowest BCUT2D eigenvalue weighted by molar-refractivity contribution is 0.225. The van der Waals surface area contributed by atoms with E-state index < -0.39 is 6.10 Å². The maximum Gasteiger partial charge on any atom is 0.195 e. The molecule has 2 N–H and O–H groups in total. The van der Waals surface area contributed by atoms with Crippen LogP contribution in [0.1, 0.15) is 17.2 Å². The van der Waals surface area contributed by atoms with Gasteiger partial charge in [-0.05, 0) is 37.3 Å². The van der Waals surface area contributed by atoms with Gasteiger partial charge in [-0.15, -0.1) is 22.7 Å². The minimum Gasteiger partial charge on any atom is -0.396 e. The van der Waals surface area contributed by atoms with Gasteiger partial charge in [-0.25, -0.2) is 19.9 Å². The van der Waals surface area contributed by atoms with Crippen LogP contribution in [-0.2, 0) is 0 Å². The summed E-state index contributed by atoms with van der Waals surface area (Å²) in [5.74, 6) is 2.02. The average Bonchev–Trinajstić information content (AvgIpc) is 3.81. The number of hydrogen-bond acceptors (Lipinski definition) is 12. The Bertz CT molecular complexity index is 1840. The van der Waals surface area contributed by atoms with Crippen LogP contribution in [0.15, 0.2) is 70.7 Å². The Morgan fingerprint density at radius 2 is 1.83 bits per heavy atom. The van der Waals surface area contributed by atoms with E-state index in [2.05, 4.69) is 19.8 Å². The number of pyridine rings is 3. The maximum absolute atomic E-state index is 12.9.